The second-order valence-electron chi connectivity index (χ2n) is 6.70. The maximum Gasteiger partial charge on any atom is 1.00 e. The van der Waals surface area contributed by atoms with Gasteiger partial charge in [0.05, 0.1) is 0 Å². The van der Waals surface area contributed by atoms with Crippen LogP contribution in [0.1, 0.15) is 118 Å². The molecule has 0 saturated carbocycles. The van der Waals surface area contributed by atoms with E-state index in [9.17, 15) is 0 Å². The molecule has 0 unspecified atom stereocenters. The quantitative estimate of drug-likeness (QED) is 0.374. The zero-order chi connectivity index (χ0) is 15.4. The second-order valence-corrected chi connectivity index (χ2v) is 6.70. The van der Waals surface area contributed by atoms with Gasteiger partial charge in [-0.3, -0.25) is 0 Å². The van der Waals surface area contributed by atoms with Crippen molar-refractivity contribution < 1.29 is 13.8 Å². The van der Waals surface area contributed by atoms with Crippen LogP contribution in [0.2, 0.25) is 0 Å². The number of nitrogens with one attached hydrogen (secondary N) is 1. The molecule has 0 heterocycles. The third-order valence-corrected chi connectivity index (χ3v) is 4.41. The second kappa shape index (κ2) is 23.5. The van der Waals surface area contributed by atoms with Crippen molar-refractivity contribution in [3.05, 3.63) is 0 Å². The van der Waals surface area contributed by atoms with Crippen LogP contribution < -0.4 is 17.7 Å². The summed E-state index contributed by atoms with van der Waals surface area (Å²) in [6, 6.07) is 0. The van der Waals surface area contributed by atoms with Crippen LogP contribution >= 0.6 is 0 Å². The van der Waals surface area contributed by atoms with Crippen LogP contribution in [0, 0.1) is 0 Å². The summed E-state index contributed by atoms with van der Waals surface area (Å²) in [4.78, 5) is 0. The fourth-order valence-corrected chi connectivity index (χ4v) is 2.89. The van der Waals surface area contributed by atoms with Crippen molar-refractivity contribution in [3.8, 4) is 0 Å². The Kier molecular flexibility index (Phi) is 26.2. The van der Waals surface area contributed by atoms with Gasteiger partial charge in [-0.05, 0) is 25.9 Å². The molecule has 0 aromatic rings. The molecule has 0 spiro atoms. The van der Waals surface area contributed by atoms with E-state index in [-0.39, 0.29) is 13.8 Å². The molecule has 22 heavy (non-hydrogen) atoms. The first kappa shape index (κ1) is 24.5. The van der Waals surface area contributed by atoms with Crippen LogP contribution in [-0.4, -0.2) is 13.1 Å². The van der Waals surface area contributed by atoms with Gasteiger partial charge in [-0.25, -0.2) is 0 Å². The van der Waals surface area contributed by atoms with Gasteiger partial charge < -0.3 is 17.7 Å². The van der Waals surface area contributed by atoms with Gasteiger partial charge >= 0.3 is 1.43 Å². The van der Waals surface area contributed by atoms with Gasteiger partial charge in [-0.1, -0.05) is 104 Å². The van der Waals surface area contributed by atoms with Crippen LogP contribution in [0.15, 0.2) is 0 Å². The standard InChI is InChI=1S/C20H43N.ClH/c1-3-5-7-9-11-13-15-17-19-21-20-18-16-14-12-10-8-6-4-2;/h21H,3-20H2,1-2H3;1H. The van der Waals surface area contributed by atoms with E-state index in [0.29, 0.717) is 0 Å². The monoisotopic (exact) mass is 333 g/mol. The van der Waals surface area contributed by atoms with Crippen molar-refractivity contribution in [1.29, 1.82) is 0 Å². The van der Waals surface area contributed by atoms with Crippen LogP contribution in [0.5, 0.6) is 0 Å². The summed E-state index contributed by atoms with van der Waals surface area (Å²) in [6.45, 7) is 7.06. The first-order chi connectivity index (χ1) is 10.4. The van der Waals surface area contributed by atoms with E-state index in [1.807, 2.05) is 0 Å². The van der Waals surface area contributed by atoms with E-state index in [0.717, 1.165) is 0 Å². The van der Waals surface area contributed by atoms with Crippen LogP contribution in [0.25, 0.3) is 0 Å². The minimum Gasteiger partial charge on any atom is -1.00 e. The zero-order valence-corrected chi connectivity index (χ0v) is 16.4. The predicted octanol–water partition coefficient (Wildman–Crippen LogP) is 3.97. The lowest BCUT2D eigenvalue weighted by Gasteiger charge is -2.05. The maximum atomic E-state index is 3.61. The van der Waals surface area contributed by atoms with Crippen molar-refractivity contribution in [2.75, 3.05) is 13.1 Å². The molecule has 0 bridgehead atoms. The lowest BCUT2D eigenvalue weighted by molar-refractivity contribution is -0.00000480. The Morgan fingerprint density at radius 3 is 1.05 bits per heavy atom. The van der Waals surface area contributed by atoms with Gasteiger partial charge in [0.2, 0.25) is 0 Å². The number of hydrogen-bond donors (Lipinski definition) is 1. The molecular formula is C20H44ClN. The van der Waals surface area contributed by atoms with Crippen molar-refractivity contribution >= 4 is 0 Å². The summed E-state index contributed by atoms with van der Waals surface area (Å²) in [5.41, 5.74) is 0. The van der Waals surface area contributed by atoms with Gasteiger partial charge in [-0.15, -0.1) is 0 Å². The Morgan fingerprint density at radius 2 is 0.727 bits per heavy atom. The van der Waals surface area contributed by atoms with Gasteiger partial charge in [0.15, 0.2) is 0 Å². The molecule has 2 heteroatoms. The maximum absolute atomic E-state index is 3.61. The van der Waals surface area contributed by atoms with Crippen molar-refractivity contribution in [2.24, 2.45) is 0 Å². The molecule has 136 valence electrons. The number of hydrogen-bond acceptors (Lipinski definition) is 1. The lowest BCUT2D eigenvalue weighted by atomic mass is 10.1. The highest BCUT2D eigenvalue weighted by molar-refractivity contribution is 4.52. The molecule has 1 N–H and O–H groups in total. The average molecular weight is 334 g/mol. The minimum absolute atomic E-state index is 0. The van der Waals surface area contributed by atoms with Crippen molar-refractivity contribution in [3.63, 3.8) is 0 Å². The SMILES string of the molecule is CCCCCCCCCCNCCCCCCCCCC.[Cl-].[H+]. The Labute approximate surface area is 149 Å². The molecule has 0 aromatic carbocycles. The van der Waals surface area contributed by atoms with Crippen LogP contribution in [0.4, 0.5) is 0 Å². The Hall–Kier alpha value is 0.250. The Balaban J connectivity index is -0.00000200. The third kappa shape index (κ3) is 22.5. The van der Waals surface area contributed by atoms with E-state index in [4.69, 9.17) is 0 Å². The Morgan fingerprint density at radius 1 is 0.455 bits per heavy atom. The van der Waals surface area contributed by atoms with E-state index in [1.165, 1.54) is 116 Å². The summed E-state index contributed by atoms with van der Waals surface area (Å²) in [6.07, 6.45) is 22.8. The molecule has 0 amide bonds. The summed E-state index contributed by atoms with van der Waals surface area (Å²) in [5, 5.41) is 3.61. The van der Waals surface area contributed by atoms with Gasteiger partial charge in [0.25, 0.3) is 0 Å². The molecule has 0 radical (unpaired) electrons. The molecule has 0 atom stereocenters. The topological polar surface area (TPSA) is 12.0 Å². The average Bonchev–Trinajstić information content (AvgIpc) is 2.50. The van der Waals surface area contributed by atoms with Crippen LogP contribution in [0.3, 0.4) is 0 Å². The van der Waals surface area contributed by atoms with E-state index in [1.54, 1.807) is 0 Å². The lowest BCUT2D eigenvalue weighted by Crippen LogP contribution is -3.00. The van der Waals surface area contributed by atoms with Crippen LogP contribution in [-0.2, 0) is 0 Å². The molecule has 1 nitrogen and oxygen atoms in total. The largest absolute Gasteiger partial charge is 1.00 e. The van der Waals surface area contributed by atoms with Crippen molar-refractivity contribution in [1.82, 2.24) is 5.32 Å². The first-order valence-electron chi connectivity index (χ1n) is 10.1. The fourth-order valence-electron chi connectivity index (χ4n) is 2.89. The summed E-state index contributed by atoms with van der Waals surface area (Å²) >= 11 is 0. The molecule has 0 saturated heterocycles. The molecule has 0 aliphatic heterocycles. The highest BCUT2D eigenvalue weighted by Crippen LogP contribution is 2.09. The highest BCUT2D eigenvalue weighted by Gasteiger charge is 1.93. The van der Waals surface area contributed by atoms with Gasteiger partial charge in [-0.2, -0.15) is 0 Å². The first-order valence-corrected chi connectivity index (χ1v) is 10.1. The van der Waals surface area contributed by atoms with Crippen molar-refractivity contribution in [2.45, 2.75) is 117 Å². The van der Waals surface area contributed by atoms with E-state index in [2.05, 4.69) is 19.2 Å². The minimum atomic E-state index is 0. The fraction of sp³-hybridized carbons (Fsp3) is 1.00. The van der Waals surface area contributed by atoms with E-state index < -0.39 is 0 Å². The van der Waals surface area contributed by atoms with Gasteiger partial charge in [0, 0.05) is 0 Å². The smallest absolute Gasteiger partial charge is 1.00 e. The molecule has 0 aliphatic carbocycles. The normalized spacial score (nSPS) is 10.6. The number of halogens is 1. The molecular weight excluding hydrogens is 290 g/mol. The number of rotatable bonds is 18. The zero-order valence-electron chi connectivity index (χ0n) is 16.6. The summed E-state index contributed by atoms with van der Waals surface area (Å²) < 4.78 is 0. The molecule has 0 fully saturated rings. The molecule has 0 rings (SSSR count). The predicted molar refractivity (Wildman–Crippen MR) is 99.2 cm³/mol. The number of unbranched alkanes of at least 4 members (excludes halogenated alkanes) is 14. The van der Waals surface area contributed by atoms with E-state index >= 15 is 0 Å². The molecule has 0 aromatic heterocycles. The third-order valence-electron chi connectivity index (χ3n) is 4.41. The highest BCUT2D eigenvalue weighted by atomic mass is 35.5. The summed E-state index contributed by atoms with van der Waals surface area (Å²) in [7, 11) is 0. The Bertz CT molecular complexity index is 161. The summed E-state index contributed by atoms with van der Waals surface area (Å²) in [5.74, 6) is 0. The van der Waals surface area contributed by atoms with Gasteiger partial charge in [0.1, 0.15) is 0 Å². The molecule has 0 aliphatic rings.